The van der Waals surface area contributed by atoms with E-state index in [1.54, 1.807) is 0 Å². The van der Waals surface area contributed by atoms with Crippen molar-refractivity contribution in [1.29, 1.82) is 0 Å². The van der Waals surface area contributed by atoms with Gasteiger partial charge in [-0.05, 0) is 34.1 Å². The largest absolute Gasteiger partial charge is 0.477 e. The summed E-state index contributed by atoms with van der Waals surface area (Å²) >= 11 is 2.99. The lowest BCUT2D eigenvalue weighted by Crippen LogP contribution is -2.02. The maximum absolute atomic E-state index is 13.9. The van der Waals surface area contributed by atoms with Crippen LogP contribution in [0.3, 0.4) is 0 Å². The summed E-state index contributed by atoms with van der Waals surface area (Å²) in [5.41, 5.74) is 0.302. The number of carbonyl (C=O) groups is 1. The number of aromatic nitrogens is 2. The fourth-order valence-electron chi connectivity index (χ4n) is 1.64. The second kappa shape index (κ2) is 4.98. The molecule has 1 heterocycles. The van der Waals surface area contributed by atoms with Crippen LogP contribution in [0.15, 0.2) is 27.6 Å². The molecule has 0 radical (unpaired) electrons. The molecule has 0 aliphatic heterocycles. The minimum Gasteiger partial charge on any atom is -0.477 e. The molecule has 0 fully saturated rings. The molecular formula is C11H8BrFN2O4S. The van der Waals surface area contributed by atoms with Gasteiger partial charge in [0.2, 0.25) is 0 Å². The molecule has 0 saturated heterocycles. The van der Waals surface area contributed by atoms with Gasteiger partial charge in [-0.3, -0.25) is 5.10 Å². The molecule has 0 amide bonds. The highest BCUT2D eigenvalue weighted by Gasteiger charge is 2.20. The zero-order valence-corrected chi connectivity index (χ0v) is 12.4. The van der Waals surface area contributed by atoms with Crippen molar-refractivity contribution in [2.75, 3.05) is 6.26 Å². The van der Waals surface area contributed by atoms with E-state index in [0.29, 0.717) is 0 Å². The van der Waals surface area contributed by atoms with E-state index in [4.69, 9.17) is 5.11 Å². The third kappa shape index (κ3) is 2.73. The molecule has 0 atom stereocenters. The quantitative estimate of drug-likeness (QED) is 0.870. The molecule has 2 aromatic rings. The lowest BCUT2D eigenvalue weighted by atomic mass is 10.1. The van der Waals surface area contributed by atoms with Gasteiger partial charge in [0.15, 0.2) is 9.84 Å². The molecule has 0 aliphatic rings. The molecule has 1 aromatic carbocycles. The third-order valence-corrected chi connectivity index (χ3v) is 4.52. The highest BCUT2D eigenvalue weighted by atomic mass is 79.9. The van der Waals surface area contributed by atoms with Crippen molar-refractivity contribution < 1.29 is 22.7 Å². The standard InChI is InChI=1S/C11H8BrFN2O4S/c1-20(18,19)10-6(12)2-5(3-7(10)13)8-4-9(11(16)17)15-14-8/h2-4H,1H3,(H,14,15)(H,16,17). The van der Waals surface area contributed by atoms with E-state index in [2.05, 4.69) is 26.1 Å². The van der Waals surface area contributed by atoms with Crippen LogP contribution < -0.4 is 0 Å². The molecule has 9 heteroatoms. The van der Waals surface area contributed by atoms with Crippen LogP contribution in [0, 0.1) is 5.82 Å². The van der Waals surface area contributed by atoms with E-state index in [0.717, 1.165) is 12.3 Å². The van der Waals surface area contributed by atoms with Gasteiger partial charge in [0.25, 0.3) is 0 Å². The number of rotatable bonds is 3. The monoisotopic (exact) mass is 362 g/mol. The van der Waals surface area contributed by atoms with Crippen LogP contribution in [0.2, 0.25) is 0 Å². The topological polar surface area (TPSA) is 100 Å². The molecule has 0 aliphatic carbocycles. The maximum Gasteiger partial charge on any atom is 0.353 e. The maximum atomic E-state index is 13.9. The lowest BCUT2D eigenvalue weighted by molar-refractivity contribution is 0.0690. The zero-order chi connectivity index (χ0) is 15.1. The Kier molecular flexibility index (Phi) is 3.65. The smallest absolute Gasteiger partial charge is 0.353 e. The van der Waals surface area contributed by atoms with Gasteiger partial charge in [-0.2, -0.15) is 5.10 Å². The molecule has 0 unspecified atom stereocenters. The molecule has 0 spiro atoms. The predicted octanol–water partition coefficient (Wildman–Crippen LogP) is 2.08. The second-order valence-electron chi connectivity index (χ2n) is 4.01. The Morgan fingerprint density at radius 1 is 1.40 bits per heavy atom. The minimum absolute atomic E-state index is 0.0508. The van der Waals surface area contributed by atoms with Gasteiger partial charge in [0, 0.05) is 16.3 Å². The Hall–Kier alpha value is -1.74. The first-order valence-corrected chi connectivity index (χ1v) is 7.87. The molecule has 20 heavy (non-hydrogen) atoms. The number of nitrogens with one attached hydrogen (secondary N) is 1. The highest BCUT2D eigenvalue weighted by molar-refractivity contribution is 9.10. The molecule has 106 valence electrons. The number of aromatic carboxylic acids is 1. The van der Waals surface area contributed by atoms with Crippen molar-refractivity contribution in [2.24, 2.45) is 0 Å². The predicted molar refractivity (Wildman–Crippen MR) is 71.8 cm³/mol. The summed E-state index contributed by atoms with van der Waals surface area (Å²) in [6.07, 6.45) is 0.896. The number of carboxylic acids is 1. The van der Waals surface area contributed by atoms with E-state index in [-0.39, 0.29) is 21.4 Å². The van der Waals surface area contributed by atoms with Crippen molar-refractivity contribution in [1.82, 2.24) is 10.2 Å². The van der Waals surface area contributed by atoms with E-state index in [1.165, 1.54) is 12.1 Å². The van der Waals surface area contributed by atoms with E-state index >= 15 is 0 Å². The van der Waals surface area contributed by atoms with E-state index < -0.39 is 26.5 Å². The van der Waals surface area contributed by atoms with Crippen LogP contribution in [0.5, 0.6) is 0 Å². The average molecular weight is 363 g/mol. The van der Waals surface area contributed by atoms with Gasteiger partial charge >= 0.3 is 5.97 Å². The van der Waals surface area contributed by atoms with E-state index in [9.17, 15) is 17.6 Å². The summed E-state index contributed by atoms with van der Waals surface area (Å²) < 4.78 is 36.8. The first-order valence-electron chi connectivity index (χ1n) is 5.18. The first-order chi connectivity index (χ1) is 9.20. The average Bonchev–Trinajstić information content (AvgIpc) is 2.74. The van der Waals surface area contributed by atoms with Crippen molar-refractivity contribution in [3.05, 3.63) is 34.2 Å². The van der Waals surface area contributed by atoms with Gasteiger partial charge in [0.05, 0.1) is 5.69 Å². The normalized spacial score (nSPS) is 11.6. The van der Waals surface area contributed by atoms with Crippen molar-refractivity contribution >= 4 is 31.7 Å². The molecule has 2 rings (SSSR count). The highest BCUT2D eigenvalue weighted by Crippen LogP contribution is 2.30. The minimum atomic E-state index is -3.72. The number of hydrogen-bond acceptors (Lipinski definition) is 4. The fraction of sp³-hybridized carbons (Fsp3) is 0.0909. The van der Waals surface area contributed by atoms with Crippen molar-refractivity contribution in [2.45, 2.75) is 4.90 Å². The third-order valence-electron chi connectivity index (χ3n) is 2.47. The number of sulfone groups is 1. The molecular weight excluding hydrogens is 355 g/mol. The number of hydrogen-bond donors (Lipinski definition) is 2. The number of benzene rings is 1. The molecule has 6 nitrogen and oxygen atoms in total. The van der Waals surface area contributed by atoms with Crippen LogP contribution in [-0.2, 0) is 9.84 Å². The summed E-state index contributed by atoms with van der Waals surface area (Å²) in [5.74, 6) is -2.13. The zero-order valence-electron chi connectivity index (χ0n) is 10.0. The van der Waals surface area contributed by atoms with Crippen LogP contribution >= 0.6 is 15.9 Å². The number of nitrogens with zero attached hydrogens (tertiary/aromatic N) is 1. The van der Waals surface area contributed by atoms with Gasteiger partial charge in [-0.1, -0.05) is 0 Å². The Balaban J connectivity index is 2.57. The second-order valence-corrected chi connectivity index (χ2v) is 6.82. The number of carboxylic acid groups (broad SMARTS) is 1. The lowest BCUT2D eigenvalue weighted by Gasteiger charge is -2.06. The van der Waals surface area contributed by atoms with Crippen molar-refractivity contribution in [3.63, 3.8) is 0 Å². The Labute approximate surface area is 121 Å². The Morgan fingerprint density at radius 3 is 2.50 bits per heavy atom. The molecule has 0 bridgehead atoms. The van der Waals surface area contributed by atoms with Crippen LogP contribution in [0.1, 0.15) is 10.5 Å². The van der Waals surface area contributed by atoms with Crippen LogP contribution in [0.4, 0.5) is 4.39 Å². The van der Waals surface area contributed by atoms with Crippen LogP contribution in [0.25, 0.3) is 11.3 Å². The van der Waals surface area contributed by atoms with Gasteiger partial charge in [0.1, 0.15) is 16.4 Å². The molecule has 1 aromatic heterocycles. The summed E-state index contributed by atoms with van der Waals surface area (Å²) in [6.45, 7) is 0. The summed E-state index contributed by atoms with van der Waals surface area (Å²) in [7, 11) is -3.72. The summed E-state index contributed by atoms with van der Waals surface area (Å²) in [4.78, 5) is 10.3. The van der Waals surface area contributed by atoms with Gasteiger partial charge < -0.3 is 5.11 Å². The van der Waals surface area contributed by atoms with Gasteiger partial charge in [-0.15, -0.1) is 0 Å². The van der Waals surface area contributed by atoms with E-state index in [1.807, 2.05) is 0 Å². The van der Waals surface area contributed by atoms with Crippen LogP contribution in [-0.4, -0.2) is 35.9 Å². The number of halogens is 2. The van der Waals surface area contributed by atoms with Crippen molar-refractivity contribution in [3.8, 4) is 11.3 Å². The Bertz CT molecular complexity index is 777. The Morgan fingerprint density at radius 2 is 2.05 bits per heavy atom. The summed E-state index contributed by atoms with van der Waals surface area (Å²) in [5, 5.41) is 14.8. The summed E-state index contributed by atoms with van der Waals surface area (Å²) in [6, 6.07) is 3.58. The number of H-pyrrole nitrogens is 1. The molecule has 2 N–H and O–H groups in total. The molecule has 0 saturated carbocycles. The first kappa shape index (κ1) is 14.7. The fourth-order valence-corrected chi connectivity index (χ4v) is 3.79. The SMILES string of the molecule is CS(=O)(=O)c1c(F)cc(-c2cc(C(=O)O)[nH]n2)cc1Br. The van der Waals surface area contributed by atoms with Gasteiger partial charge in [-0.25, -0.2) is 17.6 Å². The number of aromatic amines is 1.